The van der Waals surface area contributed by atoms with Gasteiger partial charge in [-0.15, -0.1) is 0 Å². The minimum atomic E-state index is -0.614. The van der Waals surface area contributed by atoms with Crippen molar-refractivity contribution in [2.24, 2.45) is 0 Å². The van der Waals surface area contributed by atoms with E-state index in [0.29, 0.717) is 15.7 Å². The lowest BCUT2D eigenvalue weighted by molar-refractivity contribution is 0.102. The molecule has 104 valence electrons. The zero-order chi connectivity index (χ0) is 14.7. The van der Waals surface area contributed by atoms with Crippen LogP contribution in [0.1, 0.15) is 10.4 Å². The summed E-state index contributed by atoms with van der Waals surface area (Å²) in [6.45, 7) is 0. The molecule has 0 aromatic heterocycles. The molecule has 0 heterocycles. The van der Waals surface area contributed by atoms with E-state index in [-0.39, 0.29) is 11.3 Å². The molecule has 0 unspecified atom stereocenters. The molecule has 0 saturated heterocycles. The number of carbonyl (C=O) groups is 1. The first-order chi connectivity index (χ1) is 9.51. The second-order valence-electron chi connectivity index (χ2n) is 3.93. The van der Waals surface area contributed by atoms with Crippen molar-refractivity contribution in [3.05, 3.63) is 57.8 Å². The molecule has 0 aliphatic heterocycles. The van der Waals surface area contributed by atoms with Crippen LogP contribution < -0.4 is 10.1 Å². The summed E-state index contributed by atoms with van der Waals surface area (Å²) in [5, 5.41) is 3.35. The highest BCUT2D eigenvalue weighted by molar-refractivity contribution is 6.35. The average Bonchev–Trinajstić information content (AvgIpc) is 2.42. The smallest absolute Gasteiger partial charge is 0.255 e. The van der Waals surface area contributed by atoms with E-state index in [1.54, 1.807) is 12.1 Å². The van der Waals surface area contributed by atoms with E-state index in [1.165, 1.54) is 25.3 Å². The molecule has 1 amide bonds. The Morgan fingerprint density at radius 3 is 2.60 bits per heavy atom. The predicted octanol–water partition coefficient (Wildman–Crippen LogP) is 4.39. The highest BCUT2D eigenvalue weighted by atomic mass is 35.5. The van der Waals surface area contributed by atoms with Gasteiger partial charge in [0, 0.05) is 10.6 Å². The molecule has 2 aromatic carbocycles. The molecule has 2 rings (SSSR count). The maximum absolute atomic E-state index is 13.5. The summed E-state index contributed by atoms with van der Waals surface area (Å²) >= 11 is 11.8. The Morgan fingerprint density at radius 1 is 1.20 bits per heavy atom. The van der Waals surface area contributed by atoms with Crippen molar-refractivity contribution in [1.29, 1.82) is 0 Å². The highest BCUT2D eigenvalue weighted by Crippen LogP contribution is 2.26. The Kier molecular flexibility index (Phi) is 4.47. The highest BCUT2D eigenvalue weighted by Gasteiger charge is 2.12. The van der Waals surface area contributed by atoms with Crippen LogP contribution in [0.2, 0.25) is 10.0 Å². The van der Waals surface area contributed by atoms with Crippen molar-refractivity contribution in [3.63, 3.8) is 0 Å². The van der Waals surface area contributed by atoms with Gasteiger partial charge < -0.3 is 10.1 Å². The molecule has 1 N–H and O–H groups in total. The number of benzene rings is 2. The van der Waals surface area contributed by atoms with Crippen molar-refractivity contribution < 1.29 is 13.9 Å². The maximum Gasteiger partial charge on any atom is 0.255 e. The zero-order valence-corrected chi connectivity index (χ0v) is 11.9. The lowest BCUT2D eigenvalue weighted by atomic mass is 10.2. The molecule has 0 radical (unpaired) electrons. The van der Waals surface area contributed by atoms with Crippen LogP contribution >= 0.6 is 23.2 Å². The van der Waals surface area contributed by atoms with E-state index in [0.717, 1.165) is 6.07 Å². The fraction of sp³-hybridized carbons (Fsp3) is 0.0714. The number of ether oxygens (including phenoxy) is 1. The Labute approximate surface area is 125 Å². The number of nitrogens with one attached hydrogen (secondary N) is 1. The van der Waals surface area contributed by atoms with Gasteiger partial charge in [0.05, 0.1) is 17.8 Å². The third-order valence-corrected chi connectivity index (χ3v) is 3.16. The van der Waals surface area contributed by atoms with Crippen LogP contribution in [0.3, 0.4) is 0 Å². The summed E-state index contributed by atoms with van der Waals surface area (Å²) in [5.41, 5.74) is 0.514. The second-order valence-corrected chi connectivity index (χ2v) is 4.77. The number of methoxy groups -OCH3 is 1. The molecule has 0 aliphatic rings. The summed E-state index contributed by atoms with van der Waals surface area (Å²) in [6, 6.07) is 8.61. The molecular weight excluding hydrogens is 304 g/mol. The van der Waals surface area contributed by atoms with E-state index in [9.17, 15) is 9.18 Å². The van der Waals surface area contributed by atoms with Gasteiger partial charge >= 0.3 is 0 Å². The zero-order valence-electron chi connectivity index (χ0n) is 10.4. The van der Waals surface area contributed by atoms with E-state index in [2.05, 4.69) is 5.32 Å². The van der Waals surface area contributed by atoms with Crippen molar-refractivity contribution in [2.45, 2.75) is 0 Å². The van der Waals surface area contributed by atoms with Gasteiger partial charge in [-0.3, -0.25) is 4.79 Å². The van der Waals surface area contributed by atoms with Crippen LogP contribution in [0, 0.1) is 5.82 Å². The number of amides is 1. The first-order valence-electron chi connectivity index (χ1n) is 5.61. The summed E-state index contributed by atoms with van der Waals surface area (Å²) in [5.74, 6) is -1.03. The molecule has 0 spiro atoms. The third-order valence-electron chi connectivity index (χ3n) is 2.59. The molecule has 20 heavy (non-hydrogen) atoms. The van der Waals surface area contributed by atoms with E-state index in [1.807, 2.05) is 0 Å². The number of hydrogen-bond donors (Lipinski definition) is 1. The number of halogens is 3. The minimum absolute atomic E-state index is 0.0716. The lowest BCUT2D eigenvalue weighted by Gasteiger charge is -2.08. The van der Waals surface area contributed by atoms with Gasteiger partial charge in [-0.25, -0.2) is 4.39 Å². The average molecular weight is 314 g/mol. The van der Waals surface area contributed by atoms with Crippen LogP contribution in [-0.4, -0.2) is 13.0 Å². The van der Waals surface area contributed by atoms with Crippen LogP contribution in [0.15, 0.2) is 36.4 Å². The summed E-state index contributed by atoms with van der Waals surface area (Å²) in [4.78, 5) is 12.0. The number of anilines is 1. The van der Waals surface area contributed by atoms with Crippen LogP contribution in [-0.2, 0) is 0 Å². The molecular formula is C14H10Cl2FNO2. The van der Waals surface area contributed by atoms with E-state index < -0.39 is 11.7 Å². The number of hydrogen-bond acceptors (Lipinski definition) is 2. The molecule has 0 saturated carbocycles. The van der Waals surface area contributed by atoms with Gasteiger partial charge in [-0.1, -0.05) is 23.2 Å². The first-order valence-corrected chi connectivity index (χ1v) is 6.37. The van der Waals surface area contributed by atoms with E-state index >= 15 is 0 Å². The van der Waals surface area contributed by atoms with Crippen molar-refractivity contribution >= 4 is 34.8 Å². The van der Waals surface area contributed by atoms with Gasteiger partial charge in [-0.2, -0.15) is 0 Å². The van der Waals surface area contributed by atoms with Crippen LogP contribution in [0.5, 0.6) is 5.75 Å². The monoisotopic (exact) mass is 313 g/mol. The molecule has 6 heteroatoms. The molecule has 0 atom stereocenters. The predicted molar refractivity (Wildman–Crippen MR) is 77.4 cm³/mol. The Bertz CT molecular complexity index is 662. The normalized spacial score (nSPS) is 10.2. The lowest BCUT2D eigenvalue weighted by Crippen LogP contribution is -2.12. The van der Waals surface area contributed by atoms with Crippen LogP contribution in [0.25, 0.3) is 0 Å². The molecule has 0 aliphatic carbocycles. The fourth-order valence-electron chi connectivity index (χ4n) is 1.60. The van der Waals surface area contributed by atoms with Crippen molar-refractivity contribution in [1.82, 2.24) is 0 Å². The van der Waals surface area contributed by atoms with Gasteiger partial charge in [0.1, 0.15) is 0 Å². The largest absolute Gasteiger partial charge is 0.494 e. The summed E-state index contributed by atoms with van der Waals surface area (Å²) in [7, 11) is 1.35. The SMILES string of the molecule is COc1ccc(C(=O)Nc2cc(Cl)ccc2Cl)cc1F. The number of rotatable bonds is 3. The first kappa shape index (κ1) is 14.6. The van der Waals surface area contributed by atoms with Crippen molar-refractivity contribution in [2.75, 3.05) is 12.4 Å². The summed E-state index contributed by atoms with van der Waals surface area (Å²) < 4.78 is 18.3. The minimum Gasteiger partial charge on any atom is -0.494 e. The Hall–Kier alpha value is -1.78. The molecule has 0 fully saturated rings. The Morgan fingerprint density at radius 2 is 1.95 bits per heavy atom. The van der Waals surface area contributed by atoms with Gasteiger partial charge in [-0.05, 0) is 36.4 Å². The van der Waals surface area contributed by atoms with Gasteiger partial charge in [0.25, 0.3) is 5.91 Å². The second kappa shape index (κ2) is 6.11. The topological polar surface area (TPSA) is 38.3 Å². The van der Waals surface area contributed by atoms with Crippen LogP contribution in [0.4, 0.5) is 10.1 Å². The third kappa shape index (κ3) is 3.21. The van der Waals surface area contributed by atoms with Crippen molar-refractivity contribution in [3.8, 4) is 5.75 Å². The molecule has 3 nitrogen and oxygen atoms in total. The standard InChI is InChI=1S/C14H10Cl2FNO2/c1-20-13-5-2-8(6-11(13)17)14(19)18-12-7-9(15)3-4-10(12)16/h2-7H,1H3,(H,18,19). The molecule has 2 aromatic rings. The maximum atomic E-state index is 13.5. The quantitative estimate of drug-likeness (QED) is 0.912. The summed E-state index contributed by atoms with van der Waals surface area (Å²) in [6.07, 6.45) is 0. The Balaban J connectivity index is 2.24. The van der Waals surface area contributed by atoms with E-state index in [4.69, 9.17) is 27.9 Å². The van der Waals surface area contributed by atoms with Gasteiger partial charge in [0.15, 0.2) is 11.6 Å². The fourth-order valence-corrected chi connectivity index (χ4v) is 1.93. The molecule has 0 bridgehead atoms. The van der Waals surface area contributed by atoms with Gasteiger partial charge in [0.2, 0.25) is 0 Å². The number of carbonyl (C=O) groups excluding carboxylic acids is 1.